The molecule has 0 aliphatic rings. The van der Waals surface area contributed by atoms with E-state index in [0.29, 0.717) is 0 Å². The van der Waals surface area contributed by atoms with Crippen molar-refractivity contribution < 1.29 is 23.0 Å². The van der Waals surface area contributed by atoms with Gasteiger partial charge in [-0.15, -0.1) is 0 Å². The minimum atomic E-state index is -3.03. The Labute approximate surface area is 89.9 Å². The zero-order valence-corrected chi connectivity index (χ0v) is 8.37. The van der Waals surface area contributed by atoms with Crippen LogP contribution in [0.3, 0.4) is 0 Å². The maximum atomic E-state index is 12.0. The Balaban J connectivity index is 3.12. The normalized spacial score (nSPS) is 10.2. The van der Waals surface area contributed by atoms with Gasteiger partial charge in [-0.25, -0.2) is 4.79 Å². The van der Waals surface area contributed by atoms with Gasteiger partial charge < -0.3 is 20.9 Å². The number of nitrogen functional groups attached to an aromatic ring is 2. The predicted molar refractivity (Wildman–Crippen MR) is 53.2 cm³/mol. The summed E-state index contributed by atoms with van der Waals surface area (Å²) >= 11 is 0. The molecule has 16 heavy (non-hydrogen) atoms. The van der Waals surface area contributed by atoms with E-state index in [4.69, 9.17) is 11.5 Å². The lowest BCUT2D eigenvalue weighted by molar-refractivity contribution is -0.0488. The molecule has 0 aliphatic carbocycles. The summed E-state index contributed by atoms with van der Waals surface area (Å²) in [5.41, 5.74) is 10.6. The molecule has 0 saturated heterocycles. The van der Waals surface area contributed by atoms with Crippen LogP contribution in [0.2, 0.25) is 0 Å². The topological polar surface area (TPSA) is 87.6 Å². The molecule has 0 bridgehead atoms. The van der Waals surface area contributed by atoms with E-state index in [0.717, 1.165) is 12.1 Å². The molecular formula is C9H10F2N2O3. The van der Waals surface area contributed by atoms with E-state index in [1.807, 2.05) is 0 Å². The first kappa shape index (κ1) is 12.0. The molecule has 7 heteroatoms. The number of esters is 1. The van der Waals surface area contributed by atoms with Crippen LogP contribution < -0.4 is 16.2 Å². The third-order valence-electron chi connectivity index (χ3n) is 1.77. The predicted octanol–water partition coefficient (Wildman–Crippen LogP) is 1.24. The second kappa shape index (κ2) is 4.65. The second-order valence-corrected chi connectivity index (χ2v) is 2.85. The van der Waals surface area contributed by atoms with Gasteiger partial charge in [0.2, 0.25) is 0 Å². The number of ether oxygens (including phenoxy) is 2. The Kier molecular flexibility index (Phi) is 3.49. The lowest BCUT2D eigenvalue weighted by Gasteiger charge is -2.11. The smallest absolute Gasteiger partial charge is 0.387 e. The molecule has 5 nitrogen and oxygen atoms in total. The summed E-state index contributed by atoms with van der Waals surface area (Å²) in [7, 11) is 1.18. The highest BCUT2D eigenvalue weighted by atomic mass is 19.3. The summed E-state index contributed by atoms with van der Waals surface area (Å²) in [5, 5.41) is 0. The van der Waals surface area contributed by atoms with Gasteiger partial charge in [-0.3, -0.25) is 0 Å². The van der Waals surface area contributed by atoms with Crippen molar-refractivity contribution in [1.82, 2.24) is 0 Å². The van der Waals surface area contributed by atoms with Crippen molar-refractivity contribution in [2.24, 2.45) is 0 Å². The first-order valence-electron chi connectivity index (χ1n) is 4.17. The maximum absolute atomic E-state index is 12.0. The molecule has 1 aromatic rings. The average Bonchev–Trinajstić information content (AvgIpc) is 2.21. The number of alkyl halides is 2. The Morgan fingerprint density at radius 3 is 2.19 bits per heavy atom. The van der Waals surface area contributed by atoms with Crippen molar-refractivity contribution >= 4 is 17.3 Å². The van der Waals surface area contributed by atoms with Crippen molar-refractivity contribution in [3.8, 4) is 5.75 Å². The molecule has 0 atom stereocenters. The first-order valence-corrected chi connectivity index (χ1v) is 4.17. The van der Waals surface area contributed by atoms with Crippen molar-refractivity contribution in [2.45, 2.75) is 6.61 Å². The first-order chi connectivity index (χ1) is 7.45. The summed E-state index contributed by atoms with van der Waals surface area (Å²) in [6, 6.07) is 2.31. The van der Waals surface area contributed by atoms with Gasteiger partial charge in [0.15, 0.2) is 5.75 Å². The molecule has 0 amide bonds. The molecule has 0 radical (unpaired) electrons. The zero-order valence-electron chi connectivity index (χ0n) is 8.37. The Bertz CT molecular complexity index is 387. The maximum Gasteiger partial charge on any atom is 0.387 e. The van der Waals surface area contributed by atoms with Gasteiger partial charge in [0.1, 0.15) is 0 Å². The number of methoxy groups -OCH3 is 1. The highest BCUT2D eigenvalue weighted by Gasteiger charge is 2.15. The molecule has 1 rings (SSSR count). The third-order valence-corrected chi connectivity index (χ3v) is 1.77. The van der Waals surface area contributed by atoms with Crippen molar-refractivity contribution in [3.63, 3.8) is 0 Å². The third kappa shape index (κ3) is 2.50. The van der Waals surface area contributed by atoms with Crippen LogP contribution in [0.15, 0.2) is 12.1 Å². The highest BCUT2D eigenvalue weighted by molar-refractivity contribution is 5.93. The quantitative estimate of drug-likeness (QED) is 0.604. The largest absolute Gasteiger partial charge is 0.465 e. The average molecular weight is 232 g/mol. The molecular weight excluding hydrogens is 222 g/mol. The molecule has 4 N–H and O–H groups in total. The molecule has 0 saturated carbocycles. The van der Waals surface area contributed by atoms with E-state index >= 15 is 0 Å². The minimum Gasteiger partial charge on any atom is -0.465 e. The number of carbonyl (C=O) groups is 1. The van der Waals surface area contributed by atoms with E-state index in [9.17, 15) is 13.6 Å². The van der Waals surface area contributed by atoms with E-state index < -0.39 is 12.6 Å². The van der Waals surface area contributed by atoms with E-state index in [2.05, 4.69) is 9.47 Å². The van der Waals surface area contributed by atoms with Crippen LogP contribution in [0.5, 0.6) is 5.75 Å². The minimum absolute atomic E-state index is 0.0686. The number of halogens is 2. The number of benzene rings is 1. The molecule has 88 valence electrons. The van der Waals surface area contributed by atoms with Crippen LogP contribution >= 0.6 is 0 Å². The van der Waals surface area contributed by atoms with Gasteiger partial charge in [0.05, 0.1) is 24.0 Å². The summed E-state index contributed by atoms with van der Waals surface area (Å²) in [5.74, 6) is -1.01. The van der Waals surface area contributed by atoms with E-state index in [1.54, 1.807) is 0 Å². The summed E-state index contributed by atoms with van der Waals surface area (Å²) in [6.45, 7) is -3.03. The van der Waals surface area contributed by atoms with Gasteiger partial charge in [0.25, 0.3) is 0 Å². The van der Waals surface area contributed by atoms with Gasteiger partial charge >= 0.3 is 12.6 Å². The second-order valence-electron chi connectivity index (χ2n) is 2.85. The van der Waals surface area contributed by atoms with Crippen molar-refractivity contribution in [3.05, 3.63) is 17.7 Å². The van der Waals surface area contributed by atoms with Crippen LogP contribution in [0.25, 0.3) is 0 Å². The molecule has 1 aromatic carbocycles. The number of hydrogen-bond donors (Lipinski definition) is 2. The van der Waals surface area contributed by atoms with Gasteiger partial charge in [0, 0.05) is 0 Å². The molecule has 0 heterocycles. The number of rotatable bonds is 3. The molecule has 0 aromatic heterocycles. The Hall–Kier alpha value is -2.05. The van der Waals surface area contributed by atoms with E-state index in [1.165, 1.54) is 7.11 Å². The molecule has 0 fully saturated rings. The van der Waals surface area contributed by atoms with Gasteiger partial charge in [-0.2, -0.15) is 8.78 Å². The lowest BCUT2D eigenvalue weighted by atomic mass is 10.1. The number of hydrogen-bond acceptors (Lipinski definition) is 5. The Morgan fingerprint density at radius 2 is 1.81 bits per heavy atom. The van der Waals surface area contributed by atoms with Gasteiger partial charge in [-0.05, 0) is 12.1 Å². The van der Waals surface area contributed by atoms with E-state index in [-0.39, 0.29) is 22.7 Å². The summed E-state index contributed by atoms with van der Waals surface area (Å²) < 4.78 is 32.5. The standard InChI is InChI=1S/C9H10F2N2O3/c1-15-8(14)4-2-5(12)7(6(13)3-4)16-9(10)11/h2-3,9H,12-13H2,1H3. The Morgan fingerprint density at radius 1 is 1.31 bits per heavy atom. The number of carbonyl (C=O) groups excluding carboxylic acids is 1. The lowest BCUT2D eigenvalue weighted by Crippen LogP contribution is -2.09. The van der Waals surface area contributed by atoms with Gasteiger partial charge in [-0.1, -0.05) is 0 Å². The fourth-order valence-electron chi connectivity index (χ4n) is 1.14. The fraction of sp³-hybridized carbons (Fsp3) is 0.222. The summed E-state index contributed by atoms with van der Waals surface area (Å²) in [6.07, 6.45) is 0. The summed E-state index contributed by atoms with van der Waals surface area (Å²) in [4.78, 5) is 11.1. The fourth-order valence-corrected chi connectivity index (χ4v) is 1.14. The molecule has 0 unspecified atom stereocenters. The monoisotopic (exact) mass is 232 g/mol. The SMILES string of the molecule is COC(=O)c1cc(N)c(OC(F)F)c(N)c1. The zero-order chi connectivity index (χ0) is 12.3. The molecule has 0 spiro atoms. The number of nitrogens with two attached hydrogens (primary N) is 2. The van der Waals surface area contributed by atoms with Crippen LogP contribution in [0, 0.1) is 0 Å². The van der Waals surface area contributed by atoms with Crippen molar-refractivity contribution in [1.29, 1.82) is 0 Å². The molecule has 0 aliphatic heterocycles. The van der Waals surface area contributed by atoms with Crippen LogP contribution in [-0.2, 0) is 4.74 Å². The van der Waals surface area contributed by atoms with Crippen LogP contribution in [-0.4, -0.2) is 19.7 Å². The van der Waals surface area contributed by atoms with Crippen LogP contribution in [0.4, 0.5) is 20.2 Å². The van der Waals surface area contributed by atoms with Crippen LogP contribution in [0.1, 0.15) is 10.4 Å². The van der Waals surface area contributed by atoms with Crippen molar-refractivity contribution in [2.75, 3.05) is 18.6 Å². The number of anilines is 2. The highest BCUT2D eigenvalue weighted by Crippen LogP contribution is 2.32.